The molecule has 0 bridgehead atoms. The van der Waals surface area contributed by atoms with Crippen molar-refractivity contribution >= 4 is 39.2 Å². The monoisotopic (exact) mass is 435 g/mol. The zero-order chi connectivity index (χ0) is 22.4. The van der Waals surface area contributed by atoms with E-state index in [1.165, 1.54) is 6.07 Å². The first-order valence-electron chi connectivity index (χ1n) is 9.38. The number of carbonyl (C=O) groups excluding carboxylic acids is 1. The highest BCUT2D eigenvalue weighted by Gasteiger charge is 2.10. The summed E-state index contributed by atoms with van der Waals surface area (Å²) in [6.07, 6.45) is 0.590. The van der Waals surface area contributed by atoms with Crippen LogP contribution in [0.5, 0.6) is 5.75 Å². The number of nitro benzene ring substituents is 1. The van der Waals surface area contributed by atoms with E-state index in [0.29, 0.717) is 17.4 Å². The minimum absolute atomic E-state index is 0.0143. The first-order valence-corrected chi connectivity index (χ1v) is 10.2. The standard InChI is InChI=1S/C15H14N2OS.C8H7NO3/c1-16-11-5-3-10(4-6-11)15-17-13-8-7-12(18-2)9-14(13)19-15;1-6-2-3-7(5-10)4-8(6)9(11)12/h3-9,16H,1-2H3;2-5H,1H3. The molecule has 3 aromatic carbocycles. The van der Waals surface area contributed by atoms with E-state index in [2.05, 4.69) is 34.6 Å². The lowest BCUT2D eigenvalue weighted by Crippen LogP contribution is -1.92. The van der Waals surface area contributed by atoms with Crippen molar-refractivity contribution < 1.29 is 14.5 Å². The Hall–Kier alpha value is -3.78. The second kappa shape index (κ2) is 9.82. The number of hydrogen-bond donors (Lipinski definition) is 1. The lowest BCUT2D eigenvalue weighted by molar-refractivity contribution is -0.385. The van der Waals surface area contributed by atoms with Gasteiger partial charge in [0.05, 0.1) is 22.2 Å². The van der Waals surface area contributed by atoms with E-state index < -0.39 is 4.92 Å². The molecule has 0 unspecified atom stereocenters. The zero-order valence-corrected chi connectivity index (χ0v) is 18.1. The average molecular weight is 436 g/mol. The van der Waals surface area contributed by atoms with Gasteiger partial charge >= 0.3 is 0 Å². The molecule has 0 amide bonds. The van der Waals surface area contributed by atoms with Crippen LogP contribution in [-0.2, 0) is 0 Å². The molecule has 0 atom stereocenters. The Labute approximate surface area is 183 Å². The van der Waals surface area contributed by atoms with Gasteiger partial charge in [0.1, 0.15) is 17.0 Å². The number of aryl methyl sites for hydroxylation is 1. The third kappa shape index (κ3) is 5.23. The fourth-order valence-corrected chi connectivity index (χ4v) is 3.83. The number of aromatic nitrogens is 1. The minimum atomic E-state index is -0.498. The number of ether oxygens (including phenoxy) is 1. The maximum Gasteiger partial charge on any atom is 0.273 e. The van der Waals surface area contributed by atoms with Gasteiger partial charge in [0.2, 0.25) is 0 Å². The molecule has 0 aliphatic heterocycles. The van der Waals surface area contributed by atoms with Gasteiger partial charge in [-0.2, -0.15) is 0 Å². The van der Waals surface area contributed by atoms with E-state index in [9.17, 15) is 14.9 Å². The quantitative estimate of drug-likeness (QED) is 0.244. The number of nitro groups is 1. The predicted octanol–water partition coefficient (Wildman–Crippen LogP) is 5.73. The fraction of sp³-hybridized carbons (Fsp3) is 0.130. The summed E-state index contributed by atoms with van der Waals surface area (Å²) in [7, 11) is 3.60. The van der Waals surface area contributed by atoms with Gasteiger partial charge in [-0.3, -0.25) is 14.9 Å². The summed E-state index contributed by atoms with van der Waals surface area (Å²) in [5.41, 5.74) is 4.13. The molecule has 4 aromatic rings. The number of nitrogens with one attached hydrogen (secondary N) is 1. The average Bonchev–Trinajstić information content (AvgIpc) is 3.23. The second-order valence-electron chi connectivity index (χ2n) is 6.60. The maximum atomic E-state index is 10.4. The molecule has 1 aromatic heterocycles. The molecule has 0 saturated carbocycles. The number of rotatable bonds is 5. The fourth-order valence-electron chi connectivity index (χ4n) is 2.83. The first kappa shape index (κ1) is 21.9. The van der Waals surface area contributed by atoms with Gasteiger partial charge in [-0.25, -0.2) is 4.98 Å². The molecule has 0 spiro atoms. The van der Waals surface area contributed by atoms with E-state index in [1.807, 2.05) is 25.2 Å². The van der Waals surface area contributed by atoms with Gasteiger partial charge in [-0.1, -0.05) is 12.1 Å². The Bertz CT molecular complexity index is 1220. The summed E-state index contributed by atoms with van der Waals surface area (Å²) in [6.45, 7) is 1.63. The molecule has 1 N–H and O–H groups in total. The van der Waals surface area contributed by atoms with E-state index in [-0.39, 0.29) is 5.69 Å². The maximum absolute atomic E-state index is 10.4. The molecule has 8 heteroatoms. The molecular formula is C23H21N3O4S. The van der Waals surface area contributed by atoms with Crippen LogP contribution in [0.25, 0.3) is 20.8 Å². The van der Waals surface area contributed by atoms with E-state index in [4.69, 9.17) is 4.74 Å². The van der Waals surface area contributed by atoms with Crippen LogP contribution in [0, 0.1) is 17.0 Å². The smallest absolute Gasteiger partial charge is 0.273 e. The summed E-state index contributed by atoms with van der Waals surface area (Å²) < 4.78 is 6.38. The number of carbonyl (C=O) groups is 1. The van der Waals surface area contributed by atoms with Crippen LogP contribution in [-0.4, -0.2) is 30.4 Å². The van der Waals surface area contributed by atoms with Crippen LogP contribution in [0.15, 0.2) is 60.7 Å². The Morgan fingerprint density at radius 3 is 2.45 bits per heavy atom. The number of hydrogen-bond acceptors (Lipinski definition) is 7. The number of anilines is 1. The molecule has 0 radical (unpaired) electrons. The SMILES string of the molecule is CNc1ccc(-c2nc3ccc(OC)cc3s2)cc1.Cc1ccc(C=O)cc1[N+](=O)[O-]. The van der Waals surface area contributed by atoms with Gasteiger partial charge in [-0.05, 0) is 49.4 Å². The summed E-state index contributed by atoms with van der Waals surface area (Å²) in [4.78, 5) is 24.8. The van der Waals surface area contributed by atoms with Crippen molar-refractivity contribution in [2.45, 2.75) is 6.92 Å². The van der Waals surface area contributed by atoms with Gasteiger partial charge in [-0.15, -0.1) is 11.3 Å². The topological polar surface area (TPSA) is 94.4 Å². The van der Waals surface area contributed by atoms with Crippen molar-refractivity contribution in [3.8, 4) is 16.3 Å². The van der Waals surface area contributed by atoms with E-state index >= 15 is 0 Å². The molecule has 158 valence electrons. The van der Waals surface area contributed by atoms with Crippen molar-refractivity contribution in [3.05, 3.63) is 81.9 Å². The molecule has 7 nitrogen and oxygen atoms in total. The highest BCUT2D eigenvalue weighted by molar-refractivity contribution is 7.21. The lowest BCUT2D eigenvalue weighted by atomic mass is 10.1. The number of nitrogens with zero attached hydrogens (tertiary/aromatic N) is 2. The third-order valence-electron chi connectivity index (χ3n) is 4.58. The van der Waals surface area contributed by atoms with Crippen LogP contribution in [0.4, 0.5) is 11.4 Å². The van der Waals surface area contributed by atoms with Gasteiger partial charge in [0.25, 0.3) is 5.69 Å². The van der Waals surface area contributed by atoms with Gasteiger partial charge in [0.15, 0.2) is 0 Å². The molecule has 0 fully saturated rings. The van der Waals surface area contributed by atoms with Crippen molar-refractivity contribution in [2.75, 3.05) is 19.5 Å². The number of thiazole rings is 1. The van der Waals surface area contributed by atoms with Crippen LogP contribution in [0.2, 0.25) is 0 Å². The predicted molar refractivity (Wildman–Crippen MR) is 124 cm³/mol. The molecule has 4 rings (SSSR count). The van der Waals surface area contributed by atoms with E-state index in [1.54, 1.807) is 37.5 Å². The largest absolute Gasteiger partial charge is 0.497 e. The second-order valence-corrected chi connectivity index (χ2v) is 7.63. The van der Waals surface area contributed by atoms with Crippen LogP contribution in [0.3, 0.4) is 0 Å². The molecule has 0 aliphatic rings. The summed E-state index contributed by atoms with van der Waals surface area (Å²) in [5.74, 6) is 0.869. The van der Waals surface area contributed by atoms with Gasteiger partial charge in [0, 0.05) is 35.5 Å². The van der Waals surface area contributed by atoms with Crippen LogP contribution in [0.1, 0.15) is 15.9 Å². The third-order valence-corrected chi connectivity index (χ3v) is 5.65. The number of fused-ring (bicyclic) bond motifs is 1. The molecule has 0 saturated heterocycles. The van der Waals surface area contributed by atoms with Crippen LogP contribution < -0.4 is 10.1 Å². The molecular weight excluding hydrogens is 414 g/mol. The van der Waals surface area contributed by atoms with Crippen molar-refractivity contribution in [1.82, 2.24) is 4.98 Å². The number of methoxy groups -OCH3 is 1. The normalized spacial score (nSPS) is 10.2. The first-order chi connectivity index (χ1) is 14.9. The van der Waals surface area contributed by atoms with Crippen molar-refractivity contribution in [1.29, 1.82) is 0 Å². The lowest BCUT2D eigenvalue weighted by Gasteiger charge is -2.00. The zero-order valence-electron chi connectivity index (χ0n) is 17.3. The highest BCUT2D eigenvalue weighted by atomic mass is 32.1. The summed E-state index contributed by atoms with van der Waals surface area (Å²) in [5, 5.41) is 14.5. The molecule has 31 heavy (non-hydrogen) atoms. The Morgan fingerprint density at radius 1 is 1.10 bits per heavy atom. The molecule has 1 heterocycles. The highest BCUT2D eigenvalue weighted by Crippen LogP contribution is 2.32. The van der Waals surface area contributed by atoms with Crippen LogP contribution >= 0.6 is 11.3 Å². The molecule has 0 aliphatic carbocycles. The Morgan fingerprint density at radius 2 is 1.84 bits per heavy atom. The van der Waals surface area contributed by atoms with Crippen molar-refractivity contribution in [3.63, 3.8) is 0 Å². The van der Waals surface area contributed by atoms with E-state index in [0.717, 1.165) is 32.2 Å². The number of aldehydes is 1. The summed E-state index contributed by atoms with van der Waals surface area (Å²) >= 11 is 1.68. The minimum Gasteiger partial charge on any atom is -0.497 e. The van der Waals surface area contributed by atoms with Gasteiger partial charge < -0.3 is 10.1 Å². The Kier molecular flexibility index (Phi) is 6.94. The van der Waals surface area contributed by atoms with Crippen molar-refractivity contribution in [2.24, 2.45) is 0 Å². The number of benzene rings is 3. The summed E-state index contributed by atoms with van der Waals surface area (Å²) in [6, 6.07) is 18.6. The Balaban J connectivity index is 0.000000196.